The predicted octanol–water partition coefficient (Wildman–Crippen LogP) is 2.67. The van der Waals surface area contributed by atoms with Gasteiger partial charge >= 0.3 is 0 Å². The monoisotopic (exact) mass is 335 g/mol. The number of anilines is 1. The lowest BCUT2D eigenvalue weighted by Crippen LogP contribution is -2.36. The van der Waals surface area contributed by atoms with E-state index in [-0.39, 0.29) is 5.91 Å². The number of fused-ring (bicyclic) bond motifs is 1. The minimum absolute atomic E-state index is 0.0653. The van der Waals surface area contributed by atoms with E-state index in [4.69, 9.17) is 0 Å². The zero-order valence-electron chi connectivity index (χ0n) is 12.3. The van der Waals surface area contributed by atoms with Crippen LogP contribution in [0.2, 0.25) is 0 Å². The molecule has 0 spiro atoms. The van der Waals surface area contributed by atoms with Gasteiger partial charge < -0.3 is 4.90 Å². The fourth-order valence-corrected chi connectivity index (χ4v) is 4.09. The van der Waals surface area contributed by atoms with Gasteiger partial charge in [-0.1, -0.05) is 6.07 Å². The summed E-state index contributed by atoms with van der Waals surface area (Å²) in [7, 11) is -3.22. The molecule has 0 unspecified atom stereocenters. The first-order valence-electron chi connectivity index (χ1n) is 7.11. The molecule has 6 heteroatoms. The average molecular weight is 335 g/mol. The molecule has 22 heavy (non-hydrogen) atoms. The van der Waals surface area contributed by atoms with E-state index in [1.54, 1.807) is 34.4 Å². The molecular formula is C16H17NO3S2. The summed E-state index contributed by atoms with van der Waals surface area (Å²) in [6, 6.07) is 8.95. The molecule has 0 atom stereocenters. The Labute approximate surface area is 134 Å². The lowest BCUT2D eigenvalue weighted by molar-refractivity contribution is -0.118. The Balaban J connectivity index is 1.89. The number of hydrogen-bond acceptors (Lipinski definition) is 4. The molecule has 1 aromatic heterocycles. The van der Waals surface area contributed by atoms with Crippen LogP contribution in [0.25, 0.3) is 0 Å². The van der Waals surface area contributed by atoms with E-state index >= 15 is 0 Å². The van der Waals surface area contributed by atoms with Crippen molar-refractivity contribution in [3.8, 4) is 0 Å². The van der Waals surface area contributed by atoms with Crippen LogP contribution in [0.1, 0.15) is 16.9 Å². The Morgan fingerprint density at radius 1 is 1.32 bits per heavy atom. The van der Waals surface area contributed by atoms with Gasteiger partial charge in [0.25, 0.3) is 0 Å². The Bertz CT molecular complexity index is 795. The lowest BCUT2D eigenvalue weighted by Gasteiger charge is -2.29. The topological polar surface area (TPSA) is 54.5 Å². The van der Waals surface area contributed by atoms with E-state index in [9.17, 15) is 13.2 Å². The second-order valence-corrected chi connectivity index (χ2v) is 8.52. The lowest BCUT2D eigenvalue weighted by atomic mass is 10.0. The third-order valence-corrected chi connectivity index (χ3v) is 5.79. The van der Waals surface area contributed by atoms with Gasteiger partial charge in [-0.25, -0.2) is 8.42 Å². The highest BCUT2D eigenvalue weighted by Gasteiger charge is 2.24. The fourth-order valence-electron chi connectivity index (χ4n) is 2.72. The zero-order valence-corrected chi connectivity index (χ0v) is 13.9. The molecule has 4 nitrogen and oxygen atoms in total. The number of nitrogens with zero attached hydrogens (tertiary/aromatic N) is 1. The molecule has 2 aromatic rings. The van der Waals surface area contributed by atoms with Crippen molar-refractivity contribution in [3.63, 3.8) is 0 Å². The number of hydrogen-bond donors (Lipinski definition) is 0. The molecule has 116 valence electrons. The summed E-state index contributed by atoms with van der Waals surface area (Å²) in [6.07, 6.45) is 3.26. The summed E-state index contributed by atoms with van der Waals surface area (Å²) in [6.45, 7) is 0.690. The zero-order chi connectivity index (χ0) is 15.7. The minimum atomic E-state index is -3.22. The summed E-state index contributed by atoms with van der Waals surface area (Å²) in [4.78, 5) is 15.7. The van der Waals surface area contributed by atoms with Crippen molar-refractivity contribution in [3.05, 3.63) is 46.2 Å². The van der Waals surface area contributed by atoms with E-state index in [2.05, 4.69) is 0 Å². The highest BCUT2D eigenvalue weighted by Crippen LogP contribution is 2.30. The largest absolute Gasteiger partial charge is 0.312 e. The van der Waals surface area contributed by atoms with Gasteiger partial charge in [0.1, 0.15) is 0 Å². The van der Waals surface area contributed by atoms with Crippen molar-refractivity contribution in [1.29, 1.82) is 0 Å². The Hall–Kier alpha value is -1.66. The molecule has 1 aromatic carbocycles. The normalized spacial score (nSPS) is 14.7. The summed E-state index contributed by atoms with van der Waals surface area (Å²) >= 11 is 1.58. The van der Waals surface area contributed by atoms with Crippen LogP contribution in [0.4, 0.5) is 5.69 Å². The third kappa shape index (κ3) is 3.08. The Kier molecular flexibility index (Phi) is 4.06. The molecular weight excluding hydrogens is 318 g/mol. The number of benzene rings is 1. The highest BCUT2D eigenvalue weighted by molar-refractivity contribution is 7.90. The second kappa shape index (κ2) is 5.85. The van der Waals surface area contributed by atoms with E-state index in [0.717, 1.165) is 29.0 Å². The van der Waals surface area contributed by atoms with Crippen molar-refractivity contribution >= 4 is 32.8 Å². The maximum Gasteiger partial charge on any atom is 0.232 e. The van der Waals surface area contributed by atoms with Gasteiger partial charge in [-0.3, -0.25) is 4.79 Å². The van der Waals surface area contributed by atoms with Crippen molar-refractivity contribution in [2.75, 3.05) is 17.7 Å². The number of sulfone groups is 1. The van der Waals surface area contributed by atoms with E-state index in [1.165, 1.54) is 6.26 Å². The van der Waals surface area contributed by atoms with Gasteiger partial charge in [-0.2, -0.15) is 0 Å². The molecule has 1 amide bonds. The number of aryl methyl sites for hydroxylation is 1. The van der Waals surface area contributed by atoms with Gasteiger partial charge in [0.2, 0.25) is 5.91 Å². The predicted molar refractivity (Wildman–Crippen MR) is 88.2 cm³/mol. The smallest absolute Gasteiger partial charge is 0.232 e. The van der Waals surface area contributed by atoms with Crippen LogP contribution in [0.15, 0.2) is 40.6 Å². The van der Waals surface area contributed by atoms with E-state index in [0.29, 0.717) is 17.9 Å². The molecule has 3 rings (SSSR count). The van der Waals surface area contributed by atoms with Crippen LogP contribution < -0.4 is 4.90 Å². The van der Waals surface area contributed by atoms with Gasteiger partial charge in [0.15, 0.2) is 9.84 Å². The first-order chi connectivity index (χ1) is 10.4. The van der Waals surface area contributed by atoms with Crippen LogP contribution in [0.5, 0.6) is 0 Å². The first kappa shape index (κ1) is 15.2. The Morgan fingerprint density at radius 2 is 2.14 bits per heavy atom. The van der Waals surface area contributed by atoms with Crippen LogP contribution in [-0.2, 0) is 27.5 Å². The van der Waals surface area contributed by atoms with Gasteiger partial charge in [-0.05, 0) is 48.1 Å². The van der Waals surface area contributed by atoms with Crippen LogP contribution in [-0.4, -0.2) is 27.1 Å². The Morgan fingerprint density at radius 3 is 2.82 bits per heavy atom. The molecule has 0 N–H and O–H groups in total. The average Bonchev–Trinajstić information content (AvgIpc) is 2.98. The van der Waals surface area contributed by atoms with Crippen molar-refractivity contribution in [2.45, 2.75) is 24.2 Å². The third-order valence-electron chi connectivity index (χ3n) is 3.80. The number of carbonyl (C=O) groups excluding carboxylic acids is 1. The van der Waals surface area contributed by atoms with Crippen LogP contribution in [0.3, 0.4) is 0 Å². The van der Waals surface area contributed by atoms with Gasteiger partial charge in [0, 0.05) is 23.4 Å². The van der Waals surface area contributed by atoms with Crippen molar-refractivity contribution < 1.29 is 13.2 Å². The standard InChI is InChI=1S/C16H17NO3S2/c1-22(19,20)14-6-7-15-12(10-14)4-2-8-17(15)16(18)11-13-5-3-9-21-13/h3,5-7,9-10H,2,4,8,11H2,1H3. The number of carbonyl (C=O) groups is 1. The summed E-state index contributed by atoms with van der Waals surface area (Å²) in [5, 5.41) is 1.96. The SMILES string of the molecule is CS(=O)(=O)c1ccc2c(c1)CCCN2C(=O)Cc1cccs1. The van der Waals surface area contributed by atoms with E-state index < -0.39 is 9.84 Å². The molecule has 0 fully saturated rings. The van der Waals surface area contributed by atoms with Gasteiger partial charge in [-0.15, -0.1) is 11.3 Å². The van der Waals surface area contributed by atoms with Crippen LogP contribution in [0, 0.1) is 0 Å². The van der Waals surface area contributed by atoms with Crippen molar-refractivity contribution in [1.82, 2.24) is 0 Å². The highest BCUT2D eigenvalue weighted by atomic mass is 32.2. The molecule has 1 aliphatic rings. The molecule has 0 saturated heterocycles. The van der Waals surface area contributed by atoms with Crippen LogP contribution >= 0.6 is 11.3 Å². The maximum absolute atomic E-state index is 12.5. The summed E-state index contributed by atoms with van der Waals surface area (Å²) in [5.74, 6) is 0.0653. The summed E-state index contributed by atoms with van der Waals surface area (Å²) in [5.41, 5.74) is 1.79. The quantitative estimate of drug-likeness (QED) is 0.866. The van der Waals surface area contributed by atoms with Crippen molar-refractivity contribution in [2.24, 2.45) is 0 Å². The molecule has 0 radical (unpaired) electrons. The maximum atomic E-state index is 12.5. The molecule has 2 heterocycles. The number of amides is 1. The molecule has 1 aliphatic heterocycles. The molecule has 0 aliphatic carbocycles. The number of rotatable bonds is 3. The van der Waals surface area contributed by atoms with Gasteiger partial charge in [0.05, 0.1) is 11.3 Å². The first-order valence-corrected chi connectivity index (χ1v) is 9.88. The fraction of sp³-hybridized carbons (Fsp3) is 0.312. The second-order valence-electron chi connectivity index (χ2n) is 5.47. The molecule has 0 saturated carbocycles. The minimum Gasteiger partial charge on any atom is -0.312 e. The summed E-state index contributed by atoms with van der Waals surface area (Å²) < 4.78 is 23.3. The molecule has 0 bridgehead atoms. The number of thiophene rings is 1. The van der Waals surface area contributed by atoms with E-state index in [1.807, 2.05) is 17.5 Å².